The summed E-state index contributed by atoms with van der Waals surface area (Å²) in [6.07, 6.45) is 2.55. The van der Waals surface area contributed by atoms with Gasteiger partial charge in [0.25, 0.3) is 5.91 Å². The molecule has 0 fully saturated rings. The molecule has 3 aromatic rings. The van der Waals surface area contributed by atoms with Crippen LogP contribution in [0.4, 0.5) is 10.1 Å². The monoisotopic (exact) mass is 471 g/mol. The average molecular weight is 472 g/mol. The first-order valence-corrected chi connectivity index (χ1v) is 12.0. The Morgan fingerprint density at radius 1 is 0.971 bits per heavy atom. The molecule has 0 saturated carbocycles. The normalized spacial score (nSPS) is 16.6. The molecule has 5 nitrogen and oxygen atoms in total. The SMILES string of the molecule is O=C(CSC1=N/C(=C\c2ccccc2)C(=O)N1c1ccc(F)cc1)N1CCc2ccccc2C1. The Balaban J connectivity index is 1.36. The van der Waals surface area contributed by atoms with Crippen molar-refractivity contribution in [1.29, 1.82) is 0 Å². The van der Waals surface area contributed by atoms with E-state index in [1.807, 2.05) is 47.4 Å². The standard InChI is InChI=1S/C27H22FN3O2S/c28-22-10-12-23(13-11-22)31-26(33)24(16-19-6-2-1-3-7-19)29-27(31)34-18-25(32)30-15-14-20-8-4-5-9-21(20)17-30/h1-13,16H,14-15,17-18H2/b24-16-. The van der Waals surface area contributed by atoms with Gasteiger partial charge in [-0.15, -0.1) is 0 Å². The fourth-order valence-electron chi connectivity index (χ4n) is 4.04. The Hall–Kier alpha value is -3.71. The van der Waals surface area contributed by atoms with E-state index in [9.17, 15) is 14.0 Å². The predicted octanol–water partition coefficient (Wildman–Crippen LogP) is 4.89. The van der Waals surface area contributed by atoms with E-state index in [0.717, 1.165) is 12.0 Å². The second kappa shape index (κ2) is 9.65. The lowest BCUT2D eigenvalue weighted by Crippen LogP contribution is -2.38. The number of benzene rings is 3. The Morgan fingerprint density at radius 3 is 2.44 bits per heavy atom. The molecule has 7 heteroatoms. The van der Waals surface area contributed by atoms with Crippen LogP contribution in [0.3, 0.4) is 0 Å². The summed E-state index contributed by atoms with van der Waals surface area (Å²) in [5.41, 5.74) is 4.08. The minimum atomic E-state index is -0.387. The third-order valence-corrected chi connectivity index (χ3v) is 6.75. The van der Waals surface area contributed by atoms with Crippen molar-refractivity contribution in [2.24, 2.45) is 4.99 Å². The van der Waals surface area contributed by atoms with Crippen LogP contribution in [0.1, 0.15) is 16.7 Å². The zero-order valence-corrected chi connectivity index (χ0v) is 19.2. The molecule has 34 heavy (non-hydrogen) atoms. The van der Waals surface area contributed by atoms with Crippen LogP contribution in [0.15, 0.2) is 89.6 Å². The molecular weight excluding hydrogens is 449 g/mol. The van der Waals surface area contributed by atoms with E-state index < -0.39 is 0 Å². The van der Waals surface area contributed by atoms with Crippen LogP contribution in [-0.2, 0) is 22.6 Å². The molecule has 2 amide bonds. The smallest absolute Gasteiger partial charge is 0.283 e. The minimum Gasteiger partial charge on any atom is -0.337 e. The Kier molecular flexibility index (Phi) is 6.27. The fraction of sp³-hybridized carbons (Fsp3) is 0.148. The van der Waals surface area contributed by atoms with Gasteiger partial charge in [-0.25, -0.2) is 9.38 Å². The summed E-state index contributed by atoms with van der Waals surface area (Å²) in [6, 6.07) is 23.3. The van der Waals surface area contributed by atoms with Gasteiger partial charge in [-0.3, -0.25) is 14.5 Å². The maximum atomic E-state index is 13.5. The average Bonchev–Trinajstić information content (AvgIpc) is 3.18. The summed E-state index contributed by atoms with van der Waals surface area (Å²) in [7, 11) is 0. The van der Waals surface area contributed by atoms with Crippen molar-refractivity contribution in [3.8, 4) is 0 Å². The predicted molar refractivity (Wildman–Crippen MR) is 134 cm³/mol. The highest BCUT2D eigenvalue weighted by Crippen LogP contribution is 2.30. The fourth-order valence-corrected chi connectivity index (χ4v) is 4.96. The van der Waals surface area contributed by atoms with Gasteiger partial charge in [0.15, 0.2) is 5.17 Å². The van der Waals surface area contributed by atoms with Gasteiger partial charge in [0, 0.05) is 13.1 Å². The first-order valence-electron chi connectivity index (χ1n) is 11.0. The highest BCUT2D eigenvalue weighted by atomic mass is 32.2. The minimum absolute atomic E-state index is 0.00537. The molecule has 0 N–H and O–H groups in total. The number of carbonyl (C=O) groups is 2. The number of fused-ring (bicyclic) bond motifs is 1. The summed E-state index contributed by atoms with van der Waals surface area (Å²) in [6.45, 7) is 1.25. The molecule has 2 heterocycles. The molecule has 0 radical (unpaired) electrons. The quantitative estimate of drug-likeness (QED) is 0.510. The molecule has 3 aromatic carbocycles. The van der Waals surface area contributed by atoms with Gasteiger partial charge in [0.2, 0.25) is 5.91 Å². The Bertz CT molecular complexity index is 1290. The number of halogens is 1. The van der Waals surface area contributed by atoms with Crippen molar-refractivity contribution in [3.63, 3.8) is 0 Å². The summed E-state index contributed by atoms with van der Waals surface area (Å²) >= 11 is 1.22. The van der Waals surface area contributed by atoms with E-state index in [0.29, 0.717) is 23.9 Å². The number of hydrogen-bond acceptors (Lipinski definition) is 4. The second-order valence-electron chi connectivity index (χ2n) is 8.07. The maximum absolute atomic E-state index is 13.5. The summed E-state index contributed by atoms with van der Waals surface area (Å²) in [4.78, 5) is 34.1. The van der Waals surface area contributed by atoms with Gasteiger partial charge in [0.1, 0.15) is 11.5 Å². The first kappa shape index (κ1) is 22.1. The number of amidine groups is 1. The Labute approximate surface area is 201 Å². The maximum Gasteiger partial charge on any atom is 0.283 e. The molecule has 0 aromatic heterocycles. The molecule has 2 aliphatic heterocycles. The van der Waals surface area contributed by atoms with Gasteiger partial charge in [0.05, 0.1) is 11.4 Å². The van der Waals surface area contributed by atoms with Crippen molar-refractivity contribution < 1.29 is 14.0 Å². The zero-order chi connectivity index (χ0) is 23.5. The van der Waals surface area contributed by atoms with Crippen molar-refractivity contribution in [2.75, 3.05) is 17.2 Å². The lowest BCUT2D eigenvalue weighted by atomic mass is 10.00. The number of thioether (sulfide) groups is 1. The van der Waals surface area contributed by atoms with E-state index in [4.69, 9.17) is 0 Å². The molecule has 0 atom stereocenters. The van der Waals surface area contributed by atoms with E-state index in [1.54, 1.807) is 6.08 Å². The molecule has 170 valence electrons. The van der Waals surface area contributed by atoms with Crippen LogP contribution in [0.5, 0.6) is 0 Å². The number of anilines is 1. The Morgan fingerprint density at radius 2 is 1.68 bits per heavy atom. The van der Waals surface area contributed by atoms with Crippen LogP contribution in [0.25, 0.3) is 6.08 Å². The number of aliphatic imine (C=N–C) groups is 1. The van der Waals surface area contributed by atoms with Crippen molar-refractivity contribution in [2.45, 2.75) is 13.0 Å². The molecule has 0 unspecified atom stereocenters. The highest BCUT2D eigenvalue weighted by Gasteiger charge is 2.33. The molecule has 5 rings (SSSR count). The molecule has 0 bridgehead atoms. The van der Waals surface area contributed by atoms with Gasteiger partial charge < -0.3 is 4.90 Å². The number of carbonyl (C=O) groups excluding carboxylic acids is 2. The van der Waals surface area contributed by atoms with Gasteiger partial charge in [-0.05, 0) is 53.5 Å². The highest BCUT2D eigenvalue weighted by molar-refractivity contribution is 8.14. The van der Waals surface area contributed by atoms with Crippen molar-refractivity contribution >= 4 is 40.5 Å². The van der Waals surface area contributed by atoms with Crippen LogP contribution in [0.2, 0.25) is 0 Å². The van der Waals surface area contributed by atoms with Crippen LogP contribution < -0.4 is 4.90 Å². The largest absolute Gasteiger partial charge is 0.337 e. The van der Waals surface area contributed by atoms with Gasteiger partial charge in [-0.1, -0.05) is 66.4 Å². The summed E-state index contributed by atoms with van der Waals surface area (Å²) in [5.74, 6) is -0.543. The topological polar surface area (TPSA) is 53.0 Å². The van der Waals surface area contributed by atoms with E-state index >= 15 is 0 Å². The first-order chi connectivity index (χ1) is 16.6. The molecular formula is C27H22FN3O2S. The number of rotatable bonds is 4. The lowest BCUT2D eigenvalue weighted by molar-refractivity contribution is -0.129. The van der Waals surface area contributed by atoms with Crippen molar-refractivity contribution in [3.05, 3.63) is 107 Å². The molecule has 0 spiro atoms. The molecule has 0 aliphatic carbocycles. The van der Waals surface area contributed by atoms with Crippen LogP contribution in [0, 0.1) is 5.82 Å². The third-order valence-electron chi connectivity index (χ3n) is 5.83. The van der Waals surface area contributed by atoms with Crippen molar-refractivity contribution in [1.82, 2.24) is 4.90 Å². The zero-order valence-electron chi connectivity index (χ0n) is 18.4. The number of amides is 2. The van der Waals surface area contributed by atoms with Crippen LogP contribution >= 0.6 is 11.8 Å². The molecule has 0 saturated heterocycles. The summed E-state index contributed by atoms with van der Waals surface area (Å²) in [5, 5.41) is 0.407. The van der Waals surface area contributed by atoms with E-state index in [-0.39, 0.29) is 29.1 Å². The molecule has 2 aliphatic rings. The van der Waals surface area contributed by atoms with Gasteiger partial charge in [-0.2, -0.15) is 0 Å². The second-order valence-corrected chi connectivity index (χ2v) is 9.02. The number of hydrogen-bond donors (Lipinski definition) is 0. The summed E-state index contributed by atoms with van der Waals surface area (Å²) < 4.78 is 13.5. The van der Waals surface area contributed by atoms with E-state index in [1.165, 1.54) is 52.1 Å². The van der Waals surface area contributed by atoms with Gasteiger partial charge >= 0.3 is 0 Å². The lowest BCUT2D eigenvalue weighted by Gasteiger charge is -2.29. The number of nitrogens with zero attached hydrogens (tertiary/aromatic N) is 3. The van der Waals surface area contributed by atoms with E-state index in [2.05, 4.69) is 17.1 Å². The van der Waals surface area contributed by atoms with Crippen LogP contribution in [-0.4, -0.2) is 34.2 Å². The third kappa shape index (κ3) is 4.65.